The summed E-state index contributed by atoms with van der Waals surface area (Å²) in [5.41, 5.74) is 0.553. The minimum atomic E-state index is -4.23. The lowest BCUT2D eigenvalue weighted by atomic mass is 10.3. The molecule has 0 amide bonds. The second kappa shape index (κ2) is 3.53. The molecule has 0 aromatic heterocycles. The second-order valence-corrected chi connectivity index (χ2v) is 4.11. The molecular formula is C7H7ClNO3S. The fourth-order valence-electron chi connectivity index (χ4n) is 0.838. The van der Waals surface area contributed by atoms with Crippen molar-refractivity contribution in [2.24, 2.45) is 0 Å². The van der Waals surface area contributed by atoms with E-state index < -0.39 is 10.1 Å². The van der Waals surface area contributed by atoms with Gasteiger partial charge in [0.25, 0.3) is 10.1 Å². The third kappa shape index (κ3) is 2.33. The molecule has 0 saturated carbocycles. The first-order valence-corrected chi connectivity index (χ1v) is 5.14. The molecule has 6 heteroatoms. The van der Waals surface area contributed by atoms with E-state index in [0.29, 0.717) is 5.69 Å². The Bertz CT molecular complexity index is 416. The summed E-state index contributed by atoms with van der Waals surface area (Å²) in [7, 11) is -2.68. The summed E-state index contributed by atoms with van der Waals surface area (Å²) in [6.07, 6.45) is 0. The first-order valence-electron chi connectivity index (χ1n) is 3.32. The molecule has 0 heterocycles. The fourth-order valence-corrected chi connectivity index (χ4v) is 1.85. The van der Waals surface area contributed by atoms with Gasteiger partial charge in [-0.1, -0.05) is 11.6 Å². The van der Waals surface area contributed by atoms with E-state index in [-0.39, 0.29) is 9.92 Å². The fraction of sp³-hybridized carbons (Fsp3) is 0.143. The van der Waals surface area contributed by atoms with Crippen molar-refractivity contribution in [1.82, 2.24) is 5.32 Å². The van der Waals surface area contributed by atoms with E-state index in [1.165, 1.54) is 18.2 Å². The Balaban J connectivity index is 3.29. The van der Waals surface area contributed by atoms with E-state index in [1.54, 1.807) is 7.05 Å². The van der Waals surface area contributed by atoms with Crippen molar-refractivity contribution in [3.8, 4) is 0 Å². The van der Waals surface area contributed by atoms with Gasteiger partial charge in [-0.15, -0.1) is 0 Å². The summed E-state index contributed by atoms with van der Waals surface area (Å²) in [4.78, 5) is -0.304. The molecule has 1 rings (SSSR count). The van der Waals surface area contributed by atoms with Gasteiger partial charge in [0.2, 0.25) is 0 Å². The largest absolute Gasteiger partial charge is 0.296 e. The van der Waals surface area contributed by atoms with Gasteiger partial charge in [-0.05, 0) is 18.2 Å². The molecule has 71 valence electrons. The first kappa shape index (κ1) is 10.3. The van der Waals surface area contributed by atoms with Gasteiger partial charge >= 0.3 is 0 Å². The van der Waals surface area contributed by atoms with Gasteiger partial charge < -0.3 is 0 Å². The summed E-state index contributed by atoms with van der Waals surface area (Å²) in [5.74, 6) is 0. The molecule has 0 spiro atoms. The van der Waals surface area contributed by atoms with Crippen molar-refractivity contribution in [1.29, 1.82) is 0 Å². The molecule has 1 radical (unpaired) electrons. The summed E-state index contributed by atoms with van der Waals surface area (Å²) < 4.78 is 30.1. The van der Waals surface area contributed by atoms with Crippen molar-refractivity contribution >= 4 is 27.4 Å². The highest BCUT2D eigenvalue weighted by Gasteiger charge is 2.14. The first-order chi connectivity index (χ1) is 5.95. The summed E-state index contributed by atoms with van der Waals surface area (Å²) in [6, 6.07) is 4.03. The minimum absolute atomic E-state index is 0.0365. The zero-order chi connectivity index (χ0) is 10.1. The van der Waals surface area contributed by atoms with E-state index in [0.717, 1.165) is 0 Å². The van der Waals surface area contributed by atoms with E-state index in [2.05, 4.69) is 5.32 Å². The molecule has 0 aliphatic heterocycles. The third-order valence-electron chi connectivity index (χ3n) is 1.45. The van der Waals surface area contributed by atoms with Crippen LogP contribution in [0.2, 0.25) is 5.02 Å². The molecule has 0 aliphatic rings. The standard InChI is InChI=1S/C7H7ClNO3S/c1-9-5-2-3-7(6(8)4-5)13(10,11)12/h2-4H,1H3,(H,10,11,12). The Kier molecular flexibility index (Phi) is 2.80. The summed E-state index contributed by atoms with van der Waals surface area (Å²) >= 11 is 5.59. The van der Waals surface area contributed by atoms with Crippen LogP contribution in [0.1, 0.15) is 0 Å². The van der Waals surface area contributed by atoms with Crippen LogP contribution in [0.5, 0.6) is 0 Å². The topological polar surface area (TPSA) is 68.5 Å². The maximum absolute atomic E-state index is 10.7. The van der Waals surface area contributed by atoms with Gasteiger partial charge in [-0.2, -0.15) is 8.42 Å². The van der Waals surface area contributed by atoms with Crippen molar-refractivity contribution in [2.75, 3.05) is 7.05 Å². The number of hydrogen-bond donors (Lipinski definition) is 1. The molecule has 0 aliphatic carbocycles. The Morgan fingerprint density at radius 3 is 2.46 bits per heavy atom. The van der Waals surface area contributed by atoms with Crippen molar-refractivity contribution in [3.05, 3.63) is 23.2 Å². The van der Waals surface area contributed by atoms with E-state index >= 15 is 0 Å². The number of nitrogens with zero attached hydrogens (tertiary/aromatic N) is 1. The molecule has 13 heavy (non-hydrogen) atoms. The minimum Gasteiger partial charge on any atom is -0.289 e. The van der Waals surface area contributed by atoms with Gasteiger partial charge in [0.1, 0.15) is 4.90 Å². The Morgan fingerprint density at radius 1 is 1.46 bits per heavy atom. The lowest BCUT2D eigenvalue weighted by Crippen LogP contribution is -1.99. The maximum Gasteiger partial charge on any atom is 0.296 e. The molecule has 1 N–H and O–H groups in total. The highest BCUT2D eigenvalue weighted by Crippen LogP contribution is 2.24. The maximum atomic E-state index is 10.7. The molecule has 0 unspecified atom stereocenters. The van der Waals surface area contributed by atoms with Gasteiger partial charge in [0.05, 0.1) is 10.7 Å². The SMILES string of the molecule is C[N]c1ccc(S(=O)(=O)O)c(Cl)c1. The Hall–Kier alpha value is -0.780. The van der Waals surface area contributed by atoms with Crippen molar-refractivity contribution in [2.45, 2.75) is 4.90 Å². The average molecular weight is 221 g/mol. The average Bonchev–Trinajstić information content (AvgIpc) is 2.01. The van der Waals surface area contributed by atoms with Gasteiger partial charge in [-0.3, -0.25) is 9.87 Å². The van der Waals surface area contributed by atoms with Crippen LogP contribution < -0.4 is 5.32 Å². The van der Waals surface area contributed by atoms with Gasteiger partial charge in [0.15, 0.2) is 0 Å². The van der Waals surface area contributed by atoms with Crippen molar-refractivity contribution in [3.63, 3.8) is 0 Å². The highest BCUT2D eigenvalue weighted by atomic mass is 35.5. The zero-order valence-electron chi connectivity index (χ0n) is 6.73. The predicted octanol–water partition coefficient (Wildman–Crippen LogP) is 1.45. The van der Waals surface area contributed by atoms with Crippen LogP contribution in [0.4, 0.5) is 5.69 Å². The van der Waals surface area contributed by atoms with E-state index in [9.17, 15) is 8.42 Å². The molecule has 0 atom stereocenters. The predicted molar refractivity (Wildman–Crippen MR) is 49.0 cm³/mol. The lowest BCUT2D eigenvalue weighted by Gasteiger charge is -2.02. The van der Waals surface area contributed by atoms with Crippen LogP contribution in [0.15, 0.2) is 23.1 Å². The van der Waals surface area contributed by atoms with Crippen LogP contribution in [0, 0.1) is 0 Å². The van der Waals surface area contributed by atoms with Crippen molar-refractivity contribution < 1.29 is 13.0 Å². The zero-order valence-corrected chi connectivity index (χ0v) is 8.30. The number of rotatable bonds is 2. The quantitative estimate of drug-likeness (QED) is 0.767. The Labute approximate surface area is 81.3 Å². The highest BCUT2D eigenvalue weighted by molar-refractivity contribution is 7.86. The molecule has 0 saturated heterocycles. The lowest BCUT2D eigenvalue weighted by molar-refractivity contribution is 0.483. The normalized spacial score (nSPS) is 11.3. The summed E-state index contributed by atoms with van der Waals surface area (Å²) in [5, 5.41) is 3.76. The number of halogens is 1. The van der Waals surface area contributed by atoms with Crippen LogP contribution in [0.25, 0.3) is 0 Å². The van der Waals surface area contributed by atoms with Gasteiger partial charge in [0, 0.05) is 7.05 Å². The molecule has 1 aromatic rings. The monoisotopic (exact) mass is 220 g/mol. The molecular weight excluding hydrogens is 214 g/mol. The molecule has 0 fully saturated rings. The van der Waals surface area contributed by atoms with Crippen LogP contribution in [-0.2, 0) is 10.1 Å². The van der Waals surface area contributed by atoms with E-state index in [4.69, 9.17) is 16.2 Å². The molecule has 0 bridgehead atoms. The summed E-state index contributed by atoms with van der Waals surface area (Å²) in [6.45, 7) is 0. The smallest absolute Gasteiger partial charge is 0.289 e. The second-order valence-electron chi connectivity index (χ2n) is 2.31. The van der Waals surface area contributed by atoms with Crippen LogP contribution in [-0.4, -0.2) is 20.0 Å². The van der Waals surface area contributed by atoms with Crippen LogP contribution >= 0.6 is 11.6 Å². The number of hydrogen-bond acceptors (Lipinski definition) is 2. The number of benzene rings is 1. The van der Waals surface area contributed by atoms with Gasteiger partial charge in [-0.25, -0.2) is 0 Å². The third-order valence-corrected chi connectivity index (χ3v) is 2.79. The molecule has 1 aromatic carbocycles. The molecule has 4 nitrogen and oxygen atoms in total. The van der Waals surface area contributed by atoms with Crippen LogP contribution in [0.3, 0.4) is 0 Å². The Morgan fingerprint density at radius 2 is 2.08 bits per heavy atom. The van der Waals surface area contributed by atoms with E-state index in [1.807, 2.05) is 0 Å².